The van der Waals surface area contributed by atoms with Crippen LogP contribution in [-0.4, -0.2) is 9.97 Å². The number of hydrogen-bond donors (Lipinski definition) is 0. The van der Waals surface area contributed by atoms with Gasteiger partial charge in [0.05, 0.1) is 5.52 Å². The highest BCUT2D eigenvalue weighted by molar-refractivity contribution is 7.98. The Morgan fingerprint density at radius 2 is 1.71 bits per heavy atom. The second-order valence-electron chi connectivity index (χ2n) is 5.10. The Balaban J connectivity index is 1.91. The summed E-state index contributed by atoms with van der Waals surface area (Å²) in [5.41, 5.74) is 4.77. The van der Waals surface area contributed by atoms with Gasteiger partial charge in [0, 0.05) is 11.1 Å². The van der Waals surface area contributed by atoms with Gasteiger partial charge in [0.15, 0.2) is 0 Å². The third-order valence-corrected chi connectivity index (χ3v) is 4.43. The van der Waals surface area contributed by atoms with Crippen molar-refractivity contribution in [2.75, 3.05) is 0 Å². The molecule has 0 aliphatic carbocycles. The van der Waals surface area contributed by atoms with E-state index in [9.17, 15) is 0 Å². The van der Waals surface area contributed by atoms with Gasteiger partial charge in [0.1, 0.15) is 5.03 Å². The van der Waals surface area contributed by atoms with Crippen molar-refractivity contribution in [3.8, 4) is 0 Å². The van der Waals surface area contributed by atoms with E-state index in [0.717, 1.165) is 21.7 Å². The number of para-hydroxylation sites is 1. The molecule has 106 valence electrons. The van der Waals surface area contributed by atoms with Crippen LogP contribution in [0, 0.1) is 13.8 Å². The number of hydrogen-bond acceptors (Lipinski definition) is 3. The molecule has 0 saturated carbocycles. The van der Waals surface area contributed by atoms with E-state index in [1.54, 1.807) is 11.8 Å². The zero-order valence-electron chi connectivity index (χ0n) is 11.9. The molecule has 4 heteroatoms. The predicted molar refractivity (Wildman–Crippen MR) is 90.0 cm³/mol. The topological polar surface area (TPSA) is 25.8 Å². The molecule has 3 rings (SSSR count). The van der Waals surface area contributed by atoms with Crippen molar-refractivity contribution in [3.05, 3.63) is 64.4 Å². The van der Waals surface area contributed by atoms with Crippen LogP contribution in [0.4, 0.5) is 0 Å². The van der Waals surface area contributed by atoms with E-state index in [1.807, 2.05) is 24.3 Å². The molecule has 1 heterocycles. The van der Waals surface area contributed by atoms with E-state index in [0.29, 0.717) is 5.28 Å². The van der Waals surface area contributed by atoms with Crippen molar-refractivity contribution in [1.82, 2.24) is 9.97 Å². The highest BCUT2D eigenvalue weighted by Crippen LogP contribution is 2.29. The number of fused-ring (bicyclic) bond motifs is 1. The Labute approximate surface area is 133 Å². The summed E-state index contributed by atoms with van der Waals surface area (Å²) in [5.74, 6) is 0.875. The molecule has 0 bridgehead atoms. The summed E-state index contributed by atoms with van der Waals surface area (Å²) in [6.45, 7) is 4.25. The molecule has 0 aliphatic rings. The van der Waals surface area contributed by atoms with Gasteiger partial charge >= 0.3 is 0 Å². The number of aromatic nitrogens is 2. The lowest BCUT2D eigenvalue weighted by Gasteiger charge is -2.07. The highest BCUT2D eigenvalue weighted by atomic mass is 35.5. The van der Waals surface area contributed by atoms with Crippen LogP contribution in [-0.2, 0) is 5.75 Å². The molecule has 2 aromatic carbocycles. The lowest BCUT2D eigenvalue weighted by Crippen LogP contribution is -1.91. The van der Waals surface area contributed by atoms with E-state index in [-0.39, 0.29) is 0 Å². The van der Waals surface area contributed by atoms with Crippen molar-refractivity contribution in [3.63, 3.8) is 0 Å². The third kappa shape index (κ3) is 3.36. The standard InChI is InChI=1S/C17H15ClN2S/c1-11-7-12(2)9-13(8-11)10-21-16-14-5-3-4-6-15(14)19-17(18)20-16/h3-9H,10H2,1-2H3. The Morgan fingerprint density at radius 1 is 1.00 bits per heavy atom. The van der Waals surface area contributed by atoms with Crippen LogP contribution in [0.5, 0.6) is 0 Å². The predicted octanol–water partition coefficient (Wildman–Crippen LogP) is 5.19. The van der Waals surface area contributed by atoms with E-state index >= 15 is 0 Å². The van der Waals surface area contributed by atoms with Crippen molar-refractivity contribution >= 4 is 34.3 Å². The summed E-state index contributed by atoms with van der Waals surface area (Å²) >= 11 is 7.72. The summed E-state index contributed by atoms with van der Waals surface area (Å²) in [6.07, 6.45) is 0. The van der Waals surface area contributed by atoms with Gasteiger partial charge in [-0.25, -0.2) is 9.97 Å². The number of nitrogens with zero attached hydrogens (tertiary/aromatic N) is 2. The van der Waals surface area contributed by atoms with Gasteiger partial charge in [-0.3, -0.25) is 0 Å². The van der Waals surface area contributed by atoms with E-state index in [4.69, 9.17) is 11.6 Å². The van der Waals surface area contributed by atoms with Gasteiger partial charge in [-0.1, -0.05) is 47.5 Å². The third-order valence-electron chi connectivity index (χ3n) is 3.20. The van der Waals surface area contributed by atoms with Gasteiger partial charge in [0.2, 0.25) is 5.28 Å². The van der Waals surface area contributed by atoms with E-state index < -0.39 is 0 Å². The minimum Gasteiger partial charge on any atom is -0.218 e. The lowest BCUT2D eigenvalue weighted by atomic mass is 10.1. The molecule has 0 amide bonds. The number of halogens is 1. The summed E-state index contributed by atoms with van der Waals surface area (Å²) in [6, 6.07) is 14.6. The number of aryl methyl sites for hydroxylation is 2. The molecule has 0 aliphatic heterocycles. The van der Waals surface area contributed by atoms with E-state index in [2.05, 4.69) is 42.0 Å². The quantitative estimate of drug-likeness (QED) is 0.378. The minimum atomic E-state index is 0.302. The normalized spacial score (nSPS) is 11.0. The Bertz CT molecular complexity index is 782. The van der Waals surface area contributed by atoms with Crippen LogP contribution in [0.15, 0.2) is 47.5 Å². The molecule has 0 N–H and O–H groups in total. The number of rotatable bonds is 3. The molecule has 2 nitrogen and oxygen atoms in total. The van der Waals surface area contributed by atoms with Crippen molar-refractivity contribution in [2.24, 2.45) is 0 Å². The number of benzene rings is 2. The van der Waals surface area contributed by atoms with Gasteiger partial charge in [-0.15, -0.1) is 11.8 Å². The molecule has 0 unspecified atom stereocenters. The fourth-order valence-electron chi connectivity index (χ4n) is 2.43. The van der Waals surface area contributed by atoms with Crippen LogP contribution in [0.3, 0.4) is 0 Å². The molecule has 1 aromatic heterocycles. The molecular weight excluding hydrogens is 300 g/mol. The first-order valence-electron chi connectivity index (χ1n) is 6.74. The second-order valence-corrected chi connectivity index (χ2v) is 6.40. The molecule has 0 atom stereocenters. The Morgan fingerprint density at radius 3 is 2.48 bits per heavy atom. The SMILES string of the molecule is Cc1cc(C)cc(CSc2nc(Cl)nc3ccccc23)c1. The Kier molecular flexibility index (Phi) is 4.13. The maximum Gasteiger partial charge on any atom is 0.224 e. The van der Waals surface area contributed by atoms with Crippen LogP contribution < -0.4 is 0 Å². The van der Waals surface area contributed by atoms with Crippen LogP contribution in [0.2, 0.25) is 5.28 Å². The maximum atomic E-state index is 6.02. The zero-order chi connectivity index (χ0) is 14.8. The zero-order valence-corrected chi connectivity index (χ0v) is 13.5. The molecular formula is C17H15ClN2S. The fraction of sp³-hybridized carbons (Fsp3) is 0.176. The first kappa shape index (κ1) is 14.4. The largest absolute Gasteiger partial charge is 0.224 e. The van der Waals surface area contributed by atoms with Crippen LogP contribution >= 0.6 is 23.4 Å². The van der Waals surface area contributed by atoms with Crippen molar-refractivity contribution < 1.29 is 0 Å². The average Bonchev–Trinajstić information content (AvgIpc) is 2.43. The van der Waals surface area contributed by atoms with Crippen LogP contribution in [0.1, 0.15) is 16.7 Å². The smallest absolute Gasteiger partial charge is 0.218 e. The summed E-state index contributed by atoms with van der Waals surface area (Å²) < 4.78 is 0. The van der Waals surface area contributed by atoms with Crippen molar-refractivity contribution in [2.45, 2.75) is 24.6 Å². The highest BCUT2D eigenvalue weighted by Gasteiger charge is 2.07. The molecule has 0 saturated heterocycles. The molecule has 0 fully saturated rings. The molecule has 0 radical (unpaired) electrons. The maximum absolute atomic E-state index is 6.02. The lowest BCUT2D eigenvalue weighted by molar-refractivity contribution is 1.10. The molecule has 21 heavy (non-hydrogen) atoms. The first-order valence-corrected chi connectivity index (χ1v) is 8.10. The fourth-order valence-corrected chi connectivity index (χ4v) is 3.61. The van der Waals surface area contributed by atoms with Gasteiger partial charge in [-0.2, -0.15) is 0 Å². The summed E-state index contributed by atoms with van der Waals surface area (Å²) in [4.78, 5) is 8.64. The van der Waals surface area contributed by atoms with Crippen LogP contribution in [0.25, 0.3) is 10.9 Å². The van der Waals surface area contributed by atoms with Gasteiger partial charge in [0.25, 0.3) is 0 Å². The van der Waals surface area contributed by atoms with Gasteiger partial charge < -0.3 is 0 Å². The summed E-state index contributed by atoms with van der Waals surface area (Å²) in [5, 5.41) is 2.29. The molecule has 3 aromatic rings. The molecule has 0 spiro atoms. The summed E-state index contributed by atoms with van der Waals surface area (Å²) in [7, 11) is 0. The second kappa shape index (κ2) is 6.04. The van der Waals surface area contributed by atoms with Crippen molar-refractivity contribution in [1.29, 1.82) is 0 Å². The number of thioether (sulfide) groups is 1. The average molecular weight is 315 g/mol. The first-order chi connectivity index (χ1) is 10.1. The van der Waals surface area contributed by atoms with E-state index in [1.165, 1.54) is 16.7 Å². The Hall–Kier alpha value is -1.58. The van der Waals surface area contributed by atoms with Gasteiger partial charge in [-0.05, 0) is 37.1 Å². The monoisotopic (exact) mass is 314 g/mol. The minimum absolute atomic E-state index is 0.302.